The first-order chi connectivity index (χ1) is 6.75. The van der Waals surface area contributed by atoms with Crippen molar-refractivity contribution in [3.8, 4) is 5.75 Å². The summed E-state index contributed by atoms with van der Waals surface area (Å²) >= 11 is 0. The van der Waals surface area contributed by atoms with Gasteiger partial charge in [-0.25, -0.2) is 0 Å². The van der Waals surface area contributed by atoms with E-state index in [0.717, 1.165) is 12.4 Å². The molecule has 1 amide bonds. The molecule has 0 bridgehead atoms. The summed E-state index contributed by atoms with van der Waals surface area (Å²) in [6.07, 6.45) is 2.52. The lowest BCUT2D eigenvalue weighted by Gasteiger charge is -2.05. The number of amides is 1. The molecule has 0 unspecified atom stereocenters. The van der Waals surface area contributed by atoms with Crippen molar-refractivity contribution in [1.82, 2.24) is 0 Å². The molecule has 0 radical (unpaired) electrons. The summed E-state index contributed by atoms with van der Waals surface area (Å²) in [7, 11) is 0. The molecule has 1 aliphatic carbocycles. The number of carbonyl (C=O) groups excluding carboxylic acids is 1. The summed E-state index contributed by atoms with van der Waals surface area (Å²) in [5, 5.41) is 0. The van der Waals surface area contributed by atoms with Crippen LogP contribution in [-0.2, 0) is 0 Å². The summed E-state index contributed by atoms with van der Waals surface area (Å²) in [5.74, 6) is 1.03. The summed E-state index contributed by atoms with van der Waals surface area (Å²) in [5.41, 5.74) is 5.65. The van der Waals surface area contributed by atoms with E-state index in [0.29, 0.717) is 11.5 Å². The fourth-order valence-corrected chi connectivity index (χ4v) is 1.24. The van der Waals surface area contributed by atoms with E-state index in [1.807, 2.05) is 6.07 Å². The maximum absolute atomic E-state index is 10.9. The van der Waals surface area contributed by atoms with Gasteiger partial charge in [0.25, 0.3) is 0 Å². The van der Waals surface area contributed by atoms with E-state index in [1.165, 1.54) is 12.8 Å². The lowest BCUT2D eigenvalue weighted by atomic mass is 10.2. The van der Waals surface area contributed by atoms with Gasteiger partial charge in [-0.3, -0.25) is 4.79 Å². The van der Waals surface area contributed by atoms with Crippen LogP contribution in [0.5, 0.6) is 5.75 Å². The molecule has 0 aliphatic heterocycles. The Morgan fingerprint density at radius 3 is 2.93 bits per heavy atom. The summed E-state index contributed by atoms with van der Waals surface area (Å²) < 4.78 is 5.51. The molecule has 0 heterocycles. The molecule has 14 heavy (non-hydrogen) atoms. The van der Waals surface area contributed by atoms with Gasteiger partial charge in [0.2, 0.25) is 5.91 Å². The Balaban J connectivity index is 2.01. The first kappa shape index (κ1) is 9.06. The van der Waals surface area contributed by atoms with Crippen molar-refractivity contribution in [3.63, 3.8) is 0 Å². The van der Waals surface area contributed by atoms with Gasteiger partial charge in [0, 0.05) is 5.56 Å². The van der Waals surface area contributed by atoms with Crippen LogP contribution in [-0.4, -0.2) is 12.5 Å². The van der Waals surface area contributed by atoms with Crippen LogP contribution in [0.2, 0.25) is 0 Å². The molecule has 0 saturated heterocycles. The first-order valence-electron chi connectivity index (χ1n) is 4.78. The minimum Gasteiger partial charge on any atom is -0.493 e. The highest BCUT2D eigenvalue weighted by molar-refractivity contribution is 5.93. The van der Waals surface area contributed by atoms with E-state index in [1.54, 1.807) is 18.2 Å². The Bertz CT molecular complexity index is 345. The largest absolute Gasteiger partial charge is 0.493 e. The van der Waals surface area contributed by atoms with Gasteiger partial charge in [-0.05, 0) is 37.0 Å². The van der Waals surface area contributed by atoms with Gasteiger partial charge in [-0.2, -0.15) is 0 Å². The molecule has 1 aromatic rings. The van der Waals surface area contributed by atoms with Crippen molar-refractivity contribution in [3.05, 3.63) is 29.8 Å². The van der Waals surface area contributed by atoms with Gasteiger partial charge in [-0.15, -0.1) is 0 Å². The quantitative estimate of drug-likeness (QED) is 0.785. The van der Waals surface area contributed by atoms with Crippen LogP contribution < -0.4 is 10.5 Å². The third-order valence-corrected chi connectivity index (χ3v) is 2.30. The van der Waals surface area contributed by atoms with E-state index in [-0.39, 0.29) is 0 Å². The number of hydrogen-bond donors (Lipinski definition) is 1. The number of hydrogen-bond acceptors (Lipinski definition) is 2. The zero-order chi connectivity index (χ0) is 9.97. The van der Waals surface area contributed by atoms with Crippen molar-refractivity contribution in [2.75, 3.05) is 6.61 Å². The molecule has 1 aliphatic rings. The number of carbonyl (C=O) groups is 1. The Labute approximate surface area is 82.9 Å². The number of ether oxygens (including phenoxy) is 1. The first-order valence-corrected chi connectivity index (χ1v) is 4.78. The van der Waals surface area contributed by atoms with Crippen LogP contribution in [0.3, 0.4) is 0 Å². The Hall–Kier alpha value is -1.51. The monoisotopic (exact) mass is 191 g/mol. The van der Waals surface area contributed by atoms with Crippen molar-refractivity contribution in [1.29, 1.82) is 0 Å². The number of nitrogens with two attached hydrogens (primary N) is 1. The molecular formula is C11H13NO2. The Morgan fingerprint density at radius 1 is 1.50 bits per heavy atom. The van der Waals surface area contributed by atoms with Gasteiger partial charge in [0.05, 0.1) is 6.61 Å². The summed E-state index contributed by atoms with van der Waals surface area (Å²) in [6.45, 7) is 0.752. The zero-order valence-electron chi connectivity index (χ0n) is 7.90. The molecule has 74 valence electrons. The second-order valence-corrected chi connectivity index (χ2v) is 3.65. The molecule has 3 heteroatoms. The minimum atomic E-state index is -0.415. The highest BCUT2D eigenvalue weighted by Crippen LogP contribution is 2.29. The Kier molecular flexibility index (Phi) is 2.39. The maximum Gasteiger partial charge on any atom is 0.248 e. The zero-order valence-corrected chi connectivity index (χ0v) is 7.90. The van der Waals surface area contributed by atoms with E-state index >= 15 is 0 Å². The fraction of sp³-hybridized carbons (Fsp3) is 0.364. The van der Waals surface area contributed by atoms with E-state index in [2.05, 4.69) is 0 Å². The average Bonchev–Trinajstić information content (AvgIpc) is 2.99. The van der Waals surface area contributed by atoms with Crippen LogP contribution >= 0.6 is 0 Å². The molecule has 2 rings (SSSR count). The fourth-order valence-electron chi connectivity index (χ4n) is 1.24. The lowest BCUT2D eigenvalue weighted by molar-refractivity contribution is 0.1000. The minimum absolute atomic E-state index is 0.415. The second-order valence-electron chi connectivity index (χ2n) is 3.65. The second kappa shape index (κ2) is 3.70. The molecular weight excluding hydrogens is 178 g/mol. The van der Waals surface area contributed by atoms with Crippen LogP contribution in [0.4, 0.5) is 0 Å². The van der Waals surface area contributed by atoms with Gasteiger partial charge in [-0.1, -0.05) is 6.07 Å². The molecule has 1 aromatic carbocycles. The SMILES string of the molecule is NC(=O)c1cccc(OCC2CC2)c1. The third kappa shape index (κ3) is 2.25. The van der Waals surface area contributed by atoms with Crippen LogP contribution in [0.1, 0.15) is 23.2 Å². The van der Waals surface area contributed by atoms with Crippen molar-refractivity contribution in [2.24, 2.45) is 11.7 Å². The van der Waals surface area contributed by atoms with Crippen molar-refractivity contribution < 1.29 is 9.53 Å². The van der Waals surface area contributed by atoms with E-state index in [9.17, 15) is 4.79 Å². The standard InChI is InChI=1S/C11H13NO2/c12-11(13)9-2-1-3-10(6-9)14-7-8-4-5-8/h1-3,6,8H,4-5,7H2,(H2,12,13). The molecule has 0 spiro atoms. The molecule has 3 nitrogen and oxygen atoms in total. The van der Waals surface area contributed by atoms with Crippen LogP contribution in [0.25, 0.3) is 0 Å². The van der Waals surface area contributed by atoms with E-state index < -0.39 is 5.91 Å². The molecule has 2 N–H and O–H groups in total. The molecule has 0 atom stereocenters. The highest BCUT2D eigenvalue weighted by atomic mass is 16.5. The number of rotatable bonds is 4. The predicted octanol–water partition coefficient (Wildman–Crippen LogP) is 1.57. The lowest BCUT2D eigenvalue weighted by Crippen LogP contribution is -2.11. The summed E-state index contributed by atoms with van der Waals surface area (Å²) in [6, 6.07) is 6.99. The number of benzene rings is 1. The maximum atomic E-state index is 10.9. The molecule has 1 fully saturated rings. The number of primary amides is 1. The summed E-state index contributed by atoms with van der Waals surface area (Å²) in [4.78, 5) is 10.9. The smallest absolute Gasteiger partial charge is 0.248 e. The van der Waals surface area contributed by atoms with Gasteiger partial charge < -0.3 is 10.5 Å². The topological polar surface area (TPSA) is 52.3 Å². The third-order valence-electron chi connectivity index (χ3n) is 2.30. The van der Waals surface area contributed by atoms with Crippen molar-refractivity contribution in [2.45, 2.75) is 12.8 Å². The van der Waals surface area contributed by atoms with Gasteiger partial charge in [0.1, 0.15) is 5.75 Å². The normalized spacial score (nSPS) is 15.1. The van der Waals surface area contributed by atoms with Crippen molar-refractivity contribution >= 4 is 5.91 Å². The highest BCUT2D eigenvalue weighted by Gasteiger charge is 2.21. The molecule has 0 aromatic heterocycles. The van der Waals surface area contributed by atoms with Gasteiger partial charge >= 0.3 is 0 Å². The predicted molar refractivity (Wildman–Crippen MR) is 53.2 cm³/mol. The molecule has 1 saturated carbocycles. The van der Waals surface area contributed by atoms with Gasteiger partial charge in [0.15, 0.2) is 0 Å². The Morgan fingerprint density at radius 2 is 2.29 bits per heavy atom. The van der Waals surface area contributed by atoms with E-state index in [4.69, 9.17) is 10.5 Å². The average molecular weight is 191 g/mol. The van der Waals surface area contributed by atoms with Crippen LogP contribution in [0.15, 0.2) is 24.3 Å². The van der Waals surface area contributed by atoms with Crippen LogP contribution in [0, 0.1) is 5.92 Å².